The molecule has 0 saturated carbocycles. The number of nitrogens with zero attached hydrogens (tertiary/aromatic N) is 1. The first-order chi connectivity index (χ1) is 6.79. The number of hydrogen-bond acceptors (Lipinski definition) is 4. The van der Waals surface area contributed by atoms with Gasteiger partial charge >= 0.3 is 0 Å². The summed E-state index contributed by atoms with van der Waals surface area (Å²) in [5.41, 5.74) is 6.78. The fourth-order valence-corrected chi connectivity index (χ4v) is 1.17. The lowest BCUT2D eigenvalue weighted by Gasteiger charge is -2.13. The van der Waals surface area contributed by atoms with Crippen LogP contribution in [-0.4, -0.2) is 23.3 Å². The van der Waals surface area contributed by atoms with Crippen molar-refractivity contribution in [2.24, 2.45) is 5.73 Å². The third-order valence-corrected chi connectivity index (χ3v) is 1.97. The first-order valence-electron chi connectivity index (χ1n) is 4.73. The fraction of sp³-hybridized carbons (Fsp3) is 0.500. The third-order valence-electron chi connectivity index (χ3n) is 1.97. The first kappa shape index (κ1) is 10.9. The van der Waals surface area contributed by atoms with Crippen LogP contribution in [0.5, 0.6) is 5.88 Å². The van der Waals surface area contributed by atoms with Crippen LogP contribution >= 0.6 is 0 Å². The molecule has 0 bridgehead atoms. The number of hydrogen-bond donors (Lipinski definition) is 2. The van der Waals surface area contributed by atoms with Crippen molar-refractivity contribution in [3.8, 4) is 5.88 Å². The second-order valence-electron chi connectivity index (χ2n) is 2.98. The first-order valence-corrected chi connectivity index (χ1v) is 4.73. The van der Waals surface area contributed by atoms with Gasteiger partial charge in [-0.15, -0.1) is 0 Å². The highest BCUT2D eigenvalue weighted by Crippen LogP contribution is 2.22. The van der Waals surface area contributed by atoms with Gasteiger partial charge in [0.15, 0.2) is 0 Å². The van der Waals surface area contributed by atoms with E-state index in [4.69, 9.17) is 15.6 Å². The summed E-state index contributed by atoms with van der Waals surface area (Å²) in [5.74, 6) is 0.524. The Hall–Kier alpha value is -1.13. The number of aliphatic hydroxyl groups is 1. The van der Waals surface area contributed by atoms with Gasteiger partial charge in [0.1, 0.15) is 6.61 Å². The molecule has 0 radical (unpaired) electrons. The summed E-state index contributed by atoms with van der Waals surface area (Å²) in [6.45, 7) is 2.24. The third kappa shape index (κ3) is 2.68. The highest BCUT2D eigenvalue weighted by molar-refractivity contribution is 5.28. The molecule has 1 heterocycles. The monoisotopic (exact) mass is 196 g/mol. The maximum absolute atomic E-state index is 8.63. The van der Waals surface area contributed by atoms with Gasteiger partial charge in [0, 0.05) is 17.8 Å². The summed E-state index contributed by atoms with van der Waals surface area (Å²) in [5, 5.41) is 8.63. The smallest absolute Gasteiger partial charge is 0.218 e. The molecule has 0 unspecified atom stereocenters. The van der Waals surface area contributed by atoms with Gasteiger partial charge in [-0.3, -0.25) is 0 Å². The van der Waals surface area contributed by atoms with E-state index >= 15 is 0 Å². The van der Waals surface area contributed by atoms with E-state index in [-0.39, 0.29) is 19.3 Å². The number of rotatable bonds is 5. The van der Waals surface area contributed by atoms with Gasteiger partial charge < -0.3 is 15.6 Å². The van der Waals surface area contributed by atoms with E-state index in [2.05, 4.69) is 4.98 Å². The van der Waals surface area contributed by atoms with E-state index in [0.717, 1.165) is 12.0 Å². The summed E-state index contributed by atoms with van der Waals surface area (Å²) < 4.78 is 5.27. The lowest BCUT2D eigenvalue weighted by molar-refractivity contribution is 0.195. The van der Waals surface area contributed by atoms with Crippen LogP contribution in [0.25, 0.3) is 0 Å². The largest absolute Gasteiger partial charge is 0.475 e. The average molecular weight is 196 g/mol. The van der Waals surface area contributed by atoms with E-state index < -0.39 is 0 Å². The van der Waals surface area contributed by atoms with Crippen molar-refractivity contribution in [1.82, 2.24) is 4.98 Å². The number of nitrogens with two attached hydrogens (primary N) is 1. The Bertz CT molecular complexity index is 279. The summed E-state index contributed by atoms with van der Waals surface area (Å²) in [6.07, 6.45) is 2.49. The lowest BCUT2D eigenvalue weighted by atomic mass is 10.1. The van der Waals surface area contributed by atoms with Gasteiger partial charge in [-0.25, -0.2) is 4.98 Å². The molecule has 3 N–H and O–H groups in total. The summed E-state index contributed by atoms with van der Waals surface area (Å²) >= 11 is 0. The molecular formula is C10H16N2O2. The molecule has 0 fully saturated rings. The van der Waals surface area contributed by atoms with Gasteiger partial charge in [0.25, 0.3) is 0 Å². The Labute approximate surface area is 83.7 Å². The maximum atomic E-state index is 8.63. The molecule has 14 heavy (non-hydrogen) atoms. The van der Waals surface area contributed by atoms with Crippen LogP contribution in [0.1, 0.15) is 24.9 Å². The zero-order valence-electron chi connectivity index (χ0n) is 8.31. The van der Waals surface area contributed by atoms with E-state index in [9.17, 15) is 0 Å². The summed E-state index contributed by atoms with van der Waals surface area (Å²) in [7, 11) is 0. The van der Waals surface area contributed by atoms with Crippen LogP contribution in [0.15, 0.2) is 18.3 Å². The van der Waals surface area contributed by atoms with E-state index in [1.54, 1.807) is 6.20 Å². The van der Waals surface area contributed by atoms with E-state index in [0.29, 0.717) is 5.88 Å². The Morgan fingerprint density at radius 2 is 2.43 bits per heavy atom. The van der Waals surface area contributed by atoms with E-state index in [1.807, 2.05) is 19.1 Å². The minimum Gasteiger partial charge on any atom is -0.475 e. The lowest BCUT2D eigenvalue weighted by Crippen LogP contribution is -2.13. The van der Waals surface area contributed by atoms with Crippen molar-refractivity contribution in [2.75, 3.05) is 13.2 Å². The maximum Gasteiger partial charge on any atom is 0.218 e. The van der Waals surface area contributed by atoms with Crippen LogP contribution < -0.4 is 10.5 Å². The van der Waals surface area contributed by atoms with Crippen molar-refractivity contribution < 1.29 is 9.84 Å². The Kier molecular flexibility index (Phi) is 4.35. The molecule has 0 spiro atoms. The van der Waals surface area contributed by atoms with Gasteiger partial charge in [-0.05, 0) is 12.5 Å². The summed E-state index contributed by atoms with van der Waals surface area (Å²) in [6, 6.07) is 3.67. The van der Waals surface area contributed by atoms with Crippen molar-refractivity contribution >= 4 is 0 Å². The summed E-state index contributed by atoms with van der Waals surface area (Å²) in [4.78, 5) is 4.07. The van der Waals surface area contributed by atoms with Crippen LogP contribution in [0, 0.1) is 0 Å². The van der Waals surface area contributed by atoms with Gasteiger partial charge in [-0.1, -0.05) is 13.0 Å². The van der Waals surface area contributed by atoms with Crippen molar-refractivity contribution in [3.05, 3.63) is 23.9 Å². The predicted octanol–water partition coefficient (Wildman–Crippen LogP) is 0.863. The second-order valence-corrected chi connectivity index (χ2v) is 2.98. The topological polar surface area (TPSA) is 68.4 Å². The molecule has 1 rings (SSSR count). The normalized spacial score (nSPS) is 12.5. The molecule has 1 aromatic rings. The number of aromatic nitrogens is 1. The Morgan fingerprint density at radius 3 is 3.07 bits per heavy atom. The number of ether oxygens (including phenoxy) is 1. The van der Waals surface area contributed by atoms with Crippen LogP contribution in [0.4, 0.5) is 0 Å². The zero-order chi connectivity index (χ0) is 10.4. The molecule has 1 aromatic heterocycles. The van der Waals surface area contributed by atoms with Crippen LogP contribution in [0.2, 0.25) is 0 Å². The molecule has 0 aliphatic carbocycles. The quantitative estimate of drug-likeness (QED) is 0.733. The standard InChI is InChI=1S/C10H16N2O2/c1-2-9(11)8-4-3-5-12-10(8)14-7-6-13/h3-5,9,13H,2,6-7,11H2,1H3/t9-/m1/s1. The number of pyridine rings is 1. The molecule has 0 amide bonds. The van der Waals surface area contributed by atoms with Gasteiger partial charge in [0.05, 0.1) is 6.61 Å². The molecule has 4 heteroatoms. The Morgan fingerprint density at radius 1 is 1.64 bits per heavy atom. The highest BCUT2D eigenvalue weighted by Gasteiger charge is 2.10. The molecule has 0 aromatic carbocycles. The Balaban J connectivity index is 2.79. The van der Waals surface area contributed by atoms with Gasteiger partial charge in [0.2, 0.25) is 5.88 Å². The molecule has 0 aliphatic heterocycles. The number of aliphatic hydroxyl groups excluding tert-OH is 1. The molecule has 78 valence electrons. The van der Waals surface area contributed by atoms with Crippen molar-refractivity contribution in [1.29, 1.82) is 0 Å². The molecule has 4 nitrogen and oxygen atoms in total. The molecule has 0 aliphatic rings. The zero-order valence-corrected chi connectivity index (χ0v) is 8.31. The average Bonchev–Trinajstić information content (AvgIpc) is 2.25. The predicted molar refractivity (Wildman–Crippen MR) is 54.0 cm³/mol. The minimum atomic E-state index is -0.0580. The van der Waals surface area contributed by atoms with Crippen LogP contribution in [0.3, 0.4) is 0 Å². The fourth-order valence-electron chi connectivity index (χ4n) is 1.17. The van der Waals surface area contributed by atoms with Gasteiger partial charge in [-0.2, -0.15) is 0 Å². The van der Waals surface area contributed by atoms with Crippen molar-refractivity contribution in [3.63, 3.8) is 0 Å². The molecule has 0 saturated heterocycles. The second kappa shape index (κ2) is 5.57. The SMILES string of the molecule is CC[C@@H](N)c1cccnc1OCCO. The molecular weight excluding hydrogens is 180 g/mol. The van der Waals surface area contributed by atoms with Crippen molar-refractivity contribution in [2.45, 2.75) is 19.4 Å². The van der Waals surface area contributed by atoms with Crippen LogP contribution in [-0.2, 0) is 0 Å². The molecule has 1 atom stereocenters. The van der Waals surface area contributed by atoms with E-state index in [1.165, 1.54) is 0 Å². The highest BCUT2D eigenvalue weighted by atomic mass is 16.5. The minimum absolute atomic E-state index is 0.0165.